The second kappa shape index (κ2) is 7.83. The van der Waals surface area contributed by atoms with Crippen LogP contribution in [-0.2, 0) is 9.59 Å². The van der Waals surface area contributed by atoms with Gasteiger partial charge in [-0.25, -0.2) is 0 Å². The predicted molar refractivity (Wildman–Crippen MR) is 94.0 cm³/mol. The van der Waals surface area contributed by atoms with Gasteiger partial charge in [0.2, 0.25) is 0 Å². The second-order valence-electron chi connectivity index (χ2n) is 6.24. The van der Waals surface area contributed by atoms with E-state index in [4.69, 9.17) is 0 Å². The van der Waals surface area contributed by atoms with Crippen molar-refractivity contribution in [3.05, 3.63) is 36.0 Å². The van der Waals surface area contributed by atoms with Crippen LogP contribution in [0.3, 0.4) is 0 Å². The van der Waals surface area contributed by atoms with E-state index in [2.05, 4.69) is 20.9 Å². The van der Waals surface area contributed by atoms with E-state index in [9.17, 15) is 14.4 Å². The third-order valence-corrected chi connectivity index (χ3v) is 4.37. The van der Waals surface area contributed by atoms with Crippen LogP contribution >= 0.6 is 0 Å². The lowest BCUT2D eigenvalue weighted by Crippen LogP contribution is -2.45. The summed E-state index contributed by atoms with van der Waals surface area (Å²) in [6, 6.07) is 9.51. The predicted octanol–water partition coefficient (Wildman–Crippen LogP) is 1.07. The van der Waals surface area contributed by atoms with Crippen LogP contribution < -0.4 is 16.0 Å². The van der Waals surface area contributed by atoms with E-state index < -0.39 is 11.8 Å². The number of carbonyl (C=O) groups is 3. The average molecular weight is 342 g/mol. The number of fused-ring (bicyclic) bond motifs is 1. The third kappa shape index (κ3) is 4.37. The summed E-state index contributed by atoms with van der Waals surface area (Å²) in [6.45, 7) is 0.444. The zero-order valence-electron chi connectivity index (χ0n) is 13.9. The number of hydrogen-bond donors (Lipinski definition) is 4. The maximum Gasteiger partial charge on any atom is 0.309 e. The lowest BCUT2D eigenvalue weighted by atomic mass is 10.2. The average Bonchev–Trinajstić information content (AvgIpc) is 3.27. The molecule has 1 saturated carbocycles. The highest BCUT2D eigenvalue weighted by molar-refractivity contribution is 6.35. The Hall–Kier alpha value is -2.83. The van der Waals surface area contributed by atoms with Gasteiger partial charge in [0.1, 0.15) is 5.69 Å². The molecule has 0 spiro atoms. The van der Waals surface area contributed by atoms with Crippen molar-refractivity contribution in [2.45, 2.75) is 31.7 Å². The largest absolute Gasteiger partial charge is 0.351 e. The molecule has 2 aromatic rings. The Balaban J connectivity index is 1.39. The van der Waals surface area contributed by atoms with Crippen LogP contribution in [0.15, 0.2) is 30.3 Å². The summed E-state index contributed by atoms with van der Waals surface area (Å²) in [5.41, 5.74) is 1.36. The van der Waals surface area contributed by atoms with E-state index in [1.54, 1.807) is 6.07 Å². The van der Waals surface area contributed by atoms with Crippen LogP contribution in [0, 0.1) is 0 Å². The Morgan fingerprint density at radius 1 is 1.00 bits per heavy atom. The van der Waals surface area contributed by atoms with Gasteiger partial charge in [-0.1, -0.05) is 31.0 Å². The quantitative estimate of drug-likeness (QED) is 0.483. The summed E-state index contributed by atoms with van der Waals surface area (Å²) >= 11 is 0. The number of benzene rings is 1. The first-order valence-corrected chi connectivity index (χ1v) is 8.58. The van der Waals surface area contributed by atoms with Crippen LogP contribution in [0.2, 0.25) is 0 Å². The molecule has 7 heteroatoms. The van der Waals surface area contributed by atoms with Gasteiger partial charge in [-0.15, -0.1) is 0 Å². The molecule has 7 nitrogen and oxygen atoms in total. The molecule has 4 N–H and O–H groups in total. The van der Waals surface area contributed by atoms with Crippen LogP contribution in [0.4, 0.5) is 0 Å². The highest BCUT2D eigenvalue weighted by atomic mass is 16.2. The number of hydrogen-bond acceptors (Lipinski definition) is 3. The van der Waals surface area contributed by atoms with Gasteiger partial charge in [-0.2, -0.15) is 0 Å². The molecule has 0 atom stereocenters. The van der Waals surface area contributed by atoms with Crippen molar-refractivity contribution >= 4 is 28.6 Å². The molecular weight excluding hydrogens is 320 g/mol. The number of H-pyrrole nitrogens is 1. The van der Waals surface area contributed by atoms with Crippen molar-refractivity contribution in [2.75, 3.05) is 13.1 Å². The molecule has 1 aromatic carbocycles. The molecule has 0 radical (unpaired) electrons. The second-order valence-corrected chi connectivity index (χ2v) is 6.24. The Kier molecular flexibility index (Phi) is 5.33. The van der Waals surface area contributed by atoms with Gasteiger partial charge in [-0.3, -0.25) is 14.4 Å². The topological polar surface area (TPSA) is 103 Å². The lowest BCUT2D eigenvalue weighted by Gasteiger charge is -2.11. The Morgan fingerprint density at radius 3 is 2.48 bits per heavy atom. The molecule has 3 rings (SSSR count). The van der Waals surface area contributed by atoms with Crippen molar-refractivity contribution in [3.8, 4) is 0 Å². The highest BCUT2D eigenvalue weighted by Gasteiger charge is 2.21. The zero-order valence-corrected chi connectivity index (χ0v) is 13.9. The molecule has 1 fully saturated rings. The molecule has 0 saturated heterocycles. The van der Waals surface area contributed by atoms with Gasteiger partial charge in [0, 0.05) is 30.0 Å². The van der Waals surface area contributed by atoms with E-state index in [1.807, 2.05) is 24.3 Å². The summed E-state index contributed by atoms with van der Waals surface area (Å²) < 4.78 is 0. The Labute approximate surface area is 145 Å². The molecule has 0 unspecified atom stereocenters. The standard InChI is InChI=1S/C18H22N4O3/c23-16(15-11-12-5-1-4-8-14(12)22-15)19-9-10-20-17(24)18(25)21-13-6-2-3-7-13/h1,4-5,8,11,13,22H,2-3,6-7,9-10H2,(H,19,23)(H,20,24)(H,21,25). The number of aromatic nitrogens is 1. The zero-order chi connectivity index (χ0) is 17.6. The SMILES string of the molecule is O=C(NCCNC(=O)c1cc2ccccc2[nH]1)C(=O)NC1CCCC1. The van der Waals surface area contributed by atoms with E-state index in [-0.39, 0.29) is 25.0 Å². The molecule has 3 amide bonds. The molecule has 25 heavy (non-hydrogen) atoms. The number of rotatable bonds is 5. The van der Waals surface area contributed by atoms with Crippen molar-refractivity contribution in [1.82, 2.24) is 20.9 Å². The van der Waals surface area contributed by atoms with E-state index in [0.717, 1.165) is 36.6 Å². The fourth-order valence-corrected chi connectivity index (χ4v) is 3.04. The van der Waals surface area contributed by atoms with Gasteiger partial charge in [0.05, 0.1) is 0 Å². The summed E-state index contributed by atoms with van der Waals surface area (Å²) in [4.78, 5) is 38.6. The summed E-state index contributed by atoms with van der Waals surface area (Å²) in [5, 5.41) is 8.91. The minimum atomic E-state index is -0.660. The van der Waals surface area contributed by atoms with Crippen molar-refractivity contribution in [2.24, 2.45) is 0 Å². The first-order chi connectivity index (χ1) is 12.1. The van der Waals surface area contributed by atoms with Crippen LogP contribution in [0.5, 0.6) is 0 Å². The maximum absolute atomic E-state index is 12.1. The van der Waals surface area contributed by atoms with Crippen molar-refractivity contribution in [1.29, 1.82) is 0 Å². The minimum absolute atomic E-state index is 0.111. The van der Waals surface area contributed by atoms with Gasteiger partial charge in [0.15, 0.2) is 0 Å². The Morgan fingerprint density at radius 2 is 1.72 bits per heavy atom. The summed E-state index contributed by atoms with van der Waals surface area (Å²) in [6.07, 6.45) is 4.04. The number of amides is 3. The number of para-hydroxylation sites is 1. The highest BCUT2D eigenvalue weighted by Crippen LogP contribution is 2.17. The van der Waals surface area contributed by atoms with E-state index in [0.29, 0.717) is 5.69 Å². The Bertz CT molecular complexity index is 744. The minimum Gasteiger partial charge on any atom is -0.351 e. The maximum atomic E-state index is 12.1. The van der Waals surface area contributed by atoms with Crippen molar-refractivity contribution < 1.29 is 14.4 Å². The van der Waals surface area contributed by atoms with Crippen molar-refractivity contribution in [3.63, 3.8) is 0 Å². The lowest BCUT2D eigenvalue weighted by molar-refractivity contribution is -0.139. The van der Waals surface area contributed by atoms with Crippen LogP contribution in [0.1, 0.15) is 36.2 Å². The summed E-state index contributed by atoms with van der Waals surface area (Å²) in [7, 11) is 0. The molecule has 1 aromatic heterocycles. The summed E-state index contributed by atoms with van der Waals surface area (Å²) in [5.74, 6) is -1.51. The first-order valence-electron chi connectivity index (χ1n) is 8.58. The molecule has 1 heterocycles. The fraction of sp³-hybridized carbons (Fsp3) is 0.389. The molecule has 132 valence electrons. The number of aromatic amines is 1. The molecule has 0 bridgehead atoms. The number of carbonyl (C=O) groups excluding carboxylic acids is 3. The monoisotopic (exact) mass is 342 g/mol. The van der Waals surface area contributed by atoms with E-state index in [1.165, 1.54) is 0 Å². The van der Waals surface area contributed by atoms with E-state index >= 15 is 0 Å². The third-order valence-electron chi connectivity index (χ3n) is 4.37. The van der Waals surface area contributed by atoms with Gasteiger partial charge >= 0.3 is 11.8 Å². The van der Waals surface area contributed by atoms with Gasteiger partial charge < -0.3 is 20.9 Å². The fourth-order valence-electron chi connectivity index (χ4n) is 3.04. The normalized spacial score (nSPS) is 14.4. The molecule has 1 aliphatic rings. The first kappa shape index (κ1) is 17.0. The molecule has 0 aliphatic heterocycles. The smallest absolute Gasteiger partial charge is 0.309 e. The van der Waals surface area contributed by atoms with Crippen LogP contribution in [0.25, 0.3) is 10.9 Å². The molecular formula is C18H22N4O3. The van der Waals surface area contributed by atoms with Crippen LogP contribution in [-0.4, -0.2) is 41.8 Å². The number of nitrogens with one attached hydrogen (secondary N) is 4. The van der Waals surface area contributed by atoms with Gasteiger partial charge in [0.25, 0.3) is 5.91 Å². The molecule has 1 aliphatic carbocycles. The van der Waals surface area contributed by atoms with Gasteiger partial charge in [-0.05, 0) is 25.0 Å².